The molecule has 0 aliphatic carbocycles. The molecule has 0 amide bonds. The van der Waals surface area contributed by atoms with E-state index in [-0.39, 0.29) is 17.4 Å². The molecule has 0 saturated heterocycles. The Morgan fingerprint density at radius 3 is 2.70 bits per heavy atom. The lowest BCUT2D eigenvalue weighted by Gasteiger charge is -2.16. The molecule has 2 aromatic heterocycles. The van der Waals surface area contributed by atoms with Crippen LogP contribution in [0.4, 0.5) is 10.2 Å². The Hall–Kier alpha value is -2.96. The zero-order chi connectivity index (χ0) is 16.6. The van der Waals surface area contributed by atoms with Crippen LogP contribution in [-0.2, 0) is 0 Å². The van der Waals surface area contributed by atoms with Crippen molar-refractivity contribution < 1.29 is 14.3 Å². The van der Waals surface area contributed by atoms with Crippen molar-refractivity contribution in [2.75, 3.05) is 5.32 Å². The van der Waals surface area contributed by atoms with Gasteiger partial charge in [-0.2, -0.15) is 5.10 Å². The fourth-order valence-corrected chi connectivity index (χ4v) is 2.52. The molecule has 7 heteroatoms. The highest BCUT2D eigenvalue weighted by Gasteiger charge is 2.18. The van der Waals surface area contributed by atoms with Crippen LogP contribution in [0.2, 0.25) is 0 Å². The van der Waals surface area contributed by atoms with Gasteiger partial charge in [-0.15, -0.1) is 0 Å². The van der Waals surface area contributed by atoms with E-state index >= 15 is 0 Å². The molecule has 0 bridgehead atoms. The van der Waals surface area contributed by atoms with Crippen molar-refractivity contribution in [3.8, 4) is 0 Å². The maximum Gasteiger partial charge on any atom is 0.337 e. The van der Waals surface area contributed by atoms with Crippen LogP contribution in [-0.4, -0.2) is 25.7 Å². The highest BCUT2D eigenvalue weighted by Crippen LogP contribution is 2.26. The second-order valence-electron chi connectivity index (χ2n) is 5.29. The lowest BCUT2D eigenvalue weighted by Crippen LogP contribution is -2.10. The Morgan fingerprint density at radius 1 is 1.35 bits per heavy atom. The van der Waals surface area contributed by atoms with Crippen LogP contribution in [0.5, 0.6) is 0 Å². The van der Waals surface area contributed by atoms with Gasteiger partial charge in [0.1, 0.15) is 17.7 Å². The maximum absolute atomic E-state index is 13.0. The Bertz CT molecular complexity index is 874. The Morgan fingerprint density at radius 2 is 2.04 bits per heavy atom. The third-order valence-electron chi connectivity index (χ3n) is 3.78. The molecule has 0 saturated carbocycles. The summed E-state index contributed by atoms with van der Waals surface area (Å²) in [5.74, 6) is -0.772. The predicted octanol–water partition coefficient (Wildman–Crippen LogP) is 3.05. The number of nitrogens with one attached hydrogen (secondary N) is 1. The SMILES string of the molecule is Cc1c(C(=O)O)cn2ncnc(N[C@H](C)c3ccc(F)cc3)c12. The number of carboxylic acids is 1. The zero-order valence-corrected chi connectivity index (χ0v) is 12.6. The molecule has 3 aromatic rings. The molecule has 0 fully saturated rings. The third kappa shape index (κ3) is 2.73. The molecule has 2 N–H and O–H groups in total. The van der Waals surface area contributed by atoms with Crippen molar-refractivity contribution >= 4 is 17.3 Å². The number of aromatic nitrogens is 3. The van der Waals surface area contributed by atoms with Crippen molar-refractivity contribution in [1.82, 2.24) is 14.6 Å². The molecule has 23 heavy (non-hydrogen) atoms. The van der Waals surface area contributed by atoms with E-state index in [0.717, 1.165) is 5.56 Å². The minimum atomic E-state index is -1.01. The molecule has 118 valence electrons. The number of halogens is 1. The second-order valence-corrected chi connectivity index (χ2v) is 5.29. The first-order chi connectivity index (χ1) is 11.0. The number of aromatic carboxylic acids is 1. The summed E-state index contributed by atoms with van der Waals surface area (Å²) >= 11 is 0. The van der Waals surface area contributed by atoms with E-state index < -0.39 is 5.97 Å². The molecule has 0 unspecified atom stereocenters. The third-order valence-corrected chi connectivity index (χ3v) is 3.78. The van der Waals surface area contributed by atoms with E-state index in [1.54, 1.807) is 19.1 Å². The fraction of sp³-hybridized carbons (Fsp3) is 0.188. The molecular weight excluding hydrogens is 299 g/mol. The number of benzene rings is 1. The Kier molecular flexibility index (Phi) is 3.69. The van der Waals surface area contributed by atoms with E-state index in [2.05, 4.69) is 15.4 Å². The first-order valence-corrected chi connectivity index (χ1v) is 7.05. The number of hydrogen-bond acceptors (Lipinski definition) is 4. The summed E-state index contributed by atoms with van der Waals surface area (Å²) in [6, 6.07) is 6.05. The van der Waals surface area contributed by atoms with Gasteiger partial charge in [-0.3, -0.25) is 0 Å². The maximum atomic E-state index is 13.0. The number of carboxylic acid groups (broad SMARTS) is 1. The molecule has 2 heterocycles. The van der Waals surface area contributed by atoms with E-state index in [0.29, 0.717) is 16.9 Å². The van der Waals surface area contributed by atoms with Crippen LogP contribution in [0.15, 0.2) is 36.8 Å². The van der Waals surface area contributed by atoms with Gasteiger partial charge in [0.25, 0.3) is 0 Å². The van der Waals surface area contributed by atoms with Gasteiger partial charge in [0.05, 0.1) is 11.6 Å². The van der Waals surface area contributed by atoms with Crippen molar-refractivity contribution in [2.45, 2.75) is 19.9 Å². The molecule has 0 aliphatic rings. The first-order valence-electron chi connectivity index (χ1n) is 7.05. The lowest BCUT2D eigenvalue weighted by atomic mass is 10.1. The van der Waals surface area contributed by atoms with Crippen LogP contribution >= 0.6 is 0 Å². The quantitative estimate of drug-likeness (QED) is 0.773. The molecule has 1 aromatic carbocycles. The largest absolute Gasteiger partial charge is 0.478 e. The summed E-state index contributed by atoms with van der Waals surface area (Å²) in [7, 11) is 0. The number of aryl methyl sites for hydroxylation is 1. The van der Waals surface area contributed by atoms with Crippen molar-refractivity contribution in [3.63, 3.8) is 0 Å². The number of carbonyl (C=O) groups is 1. The number of anilines is 1. The van der Waals surface area contributed by atoms with E-state index in [9.17, 15) is 14.3 Å². The topological polar surface area (TPSA) is 79.5 Å². The van der Waals surface area contributed by atoms with Crippen LogP contribution in [0.25, 0.3) is 5.52 Å². The molecule has 0 radical (unpaired) electrons. The van der Waals surface area contributed by atoms with Gasteiger partial charge >= 0.3 is 5.97 Å². The molecule has 0 spiro atoms. The minimum Gasteiger partial charge on any atom is -0.478 e. The zero-order valence-electron chi connectivity index (χ0n) is 12.6. The molecule has 6 nitrogen and oxygen atoms in total. The van der Waals surface area contributed by atoms with Crippen molar-refractivity contribution in [2.24, 2.45) is 0 Å². The second kappa shape index (κ2) is 5.68. The minimum absolute atomic E-state index is 0.128. The van der Waals surface area contributed by atoms with Gasteiger partial charge < -0.3 is 10.4 Å². The monoisotopic (exact) mass is 314 g/mol. The summed E-state index contributed by atoms with van der Waals surface area (Å²) in [6.07, 6.45) is 2.82. The van der Waals surface area contributed by atoms with Gasteiger partial charge in [0.2, 0.25) is 0 Å². The highest BCUT2D eigenvalue weighted by molar-refractivity contribution is 5.93. The summed E-state index contributed by atoms with van der Waals surface area (Å²) in [6.45, 7) is 3.64. The molecule has 3 rings (SSSR count). The lowest BCUT2D eigenvalue weighted by molar-refractivity contribution is 0.0696. The van der Waals surface area contributed by atoms with Crippen LogP contribution in [0, 0.1) is 12.7 Å². The Balaban J connectivity index is 1.99. The number of nitrogens with zero attached hydrogens (tertiary/aromatic N) is 3. The van der Waals surface area contributed by atoms with E-state index in [1.165, 1.54) is 29.2 Å². The summed E-state index contributed by atoms with van der Waals surface area (Å²) in [4.78, 5) is 15.5. The summed E-state index contributed by atoms with van der Waals surface area (Å²) in [5, 5.41) is 16.5. The van der Waals surface area contributed by atoms with Crippen LogP contribution in [0.1, 0.15) is 34.5 Å². The summed E-state index contributed by atoms with van der Waals surface area (Å²) < 4.78 is 14.5. The van der Waals surface area contributed by atoms with Crippen molar-refractivity contribution in [3.05, 3.63) is 59.3 Å². The molecule has 1 atom stereocenters. The number of rotatable bonds is 4. The van der Waals surface area contributed by atoms with Gasteiger partial charge in [-0.05, 0) is 37.1 Å². The van der Waals surface area contributed by atoms with E-state index in [4.69, 9.17) is 0 Å². The molecular formula is C16H15FN4O2. The first kappa shape index (κ1) is 15.0. The van der Waals surface area contributed by atoms with Crippen LogP contribution in [0.3, 0.4) is 0 Å². The van der Waals surface area contributed by atoms with Gasteiger partial charge in [-0.25, -0.2) is 18.7 Å². The van der Waals surface area contributed by atoms with E-state index in [1.807, 2.05) is 6.92 Å². The highest BCUT2D eigenvalue weighted by atomic mass is 19.1. The predicted molar refractivity (Wildman–Crippen MR) is 83.1 cm³/mol. The van der Waals surface area contributed by atoms with Gasteiger partial charge in [0.15, 0.2) is 5.82 Å². The number of fused-ring (bicyclic) bond motifs is 1. The smallest absolute Gasteiger partial charge is 0.337 e. The Labute approximate surface area is 131 Å². The van der Waals surface area contributed by atoms with Crippen molar-refractivity contribution in [1.29, 1.82) is 0 Å². The number of hydrogen-bond donors (Lipinski definition) is 2. The van der Waals surface area contributed by atoms with Crippen LogP contribution < -0.4 is 5.32 Å². The van der Waals surface area contributed by atoms with Gasteiger partial charge in [-0.1, -0.05) is 12.1 Å². The average Bonchev–Trinajstić information content (AvgIpc) is 2.86. The molecule has 0 aliphatic heterocycles. The normalized spacial score (nSPS) is 12.3. The van der Waals surface area contributed by atoms with Gasteiger partial charge in [0, 0.05) is 6.20 Å². The summed E-state index contributed by atoms with van der Waals surface area (Å²) in [5.41, 5.74) is 2.28. The average molecular weight is 314 g/mol. The fourth-order valence-electron chi connectivity index (χ4n) is 2.52. The standard InChI is InChI=1S/C16H15FN4O2/c1-9-13(16(22)23)7-21-14(9)15(18-8-19-21)20-10(2)11-3-5-12(17)6-4-11/h3-8,10H,1-2H3,(H,22,23)(H,18,19,20)/t10-/m1/s1.